The van der Waals surface area contributed by atoms with Crippen molar-refractivity contribution in [3.8, 4) is 5.75 Å². The van der Waals surface area contributed by atoms with Gasteiger partial charge in [-0.1, -0.05) is 45.0 Å². The van der Waals surface area contributed by atoms with Gasteiger partial charge in [0.2, 0.25) is 0 Å². The van der Waals surface area contributed by atoms with Crippen molar-refractivity contribution >= 4 is 0 Å². The molecule has 0 spiro atoms. The van der Waals surface area contributed by atoms with Crippen molar-refractivity contribution in [2.45, 2.75) is 46.2 Å². The predicted molar refractivity (Wildman–Crippen MR) is 97.7 cm³/mol. The Kier molecular flexibility index (Phi) is 7.26. The third-order valence-corrected chi connectivity index (χ3v) is 4.12. The van der Waals surface area contributed by atoms with Crippen LogP contribution in [0.15, 0.2) is 48.5 Å². The minimum Gasteiger partial charge on any atom is -0.494 e. The molecule has 1 N–H and O–H groups in total. The molecule has 2 rings (SSSR count). The highest BCUT2D eigenvalue weighted by Gasteiger charge is 2.09. The molecular formula is C21H28FNO. The highest BCUT2D eigenvalue weighted by atomic mass is 19.1. The second-order valence-corrected chi connectivity index (χ2v) is 6.57. The zero-order chi connectivity index (χ0) is 17.4. The molecule has 0 aromatic heterocycles. The predicted octanol–water partition coefficient (Wildman–Crippen LogP) is 5.49. The second-order valence-electron chi connectivity index (χ2n) is 6.57. The zero-order valence-electron chi connectivity index (χ0n) is 14.9. The number of hydrogen-bond acceptors (Lipinski definition) is 2. The van der Waals surface area contributed by atoms with E-state index in [2.05, 4.69) is 38.2 Å². The van der Waals surface area contributed by atoms with E-state index in [1.54, 1.807) is 0 Å². The third-order valence-electron chi connectivity index (χ3n) is 4.12. The average Bonchev–Trinajstić information content (AvgIpc) is 2.58. The van der Waals surface area contributed by atoms with Gasteiger partial charge in [0, 0.05) is 12.6 Å². The van der Waals surface area contributed by atoms with Gasteiger partial charge in [-0.3, -0.25) is 0 Å². The van der Waals surface area contributed by atoms with Gasteiger partial charge in [-0.05, 0) is 54.2 Å². The first-order valence-electron chi connectivity index (χ1n) is 8.79. The summed E-state index contributed by atoms with van der Waals surface area (Å²) in [5.74, 6) is 1.39. The van der Waals surface area contributed by atoms with E-state index in [4.69, 9.17) is 4.74 Å². The van der Waals surface area contributed by atoms with Crippen LogP contribution < -0.4 is 10.1 Å². The Morgan fingerprint density at radius 1 is 1.00 bits per heavy atom. The molecule has 0 fully saturated rings. The van der Waals surface area contributed by atoms with E-state index in [9.17, 15) is 4.39 Å². The normalized spacial score (nSPS) is 12.4. The molecule has 0 aliphatic rings. The van der Waals surface area contributed by atoms with E-state index < -0.39 is 0 Å². The quantitative estimate of drug-likeness (QED) is 0.656. The molecule has 0 aliphatic heterocycles. The maximum Gasteiger partial charge on any atom is 0.123 e. The van der Waals surface area contributed by atoms with E-state index in [1.807, 2.05) is 24.3 Å². The van der Waals surface area contributed by atoms with Crippen molar-refractivity contribution in [2.24, 2.45) is 5.92 Å². The van der Waals surface area contributed by atoms with Gasteiger partial charge in [0.15, 0.2) is 0 Å². The summed E-state index contributed by atoms with van der Waals surface area (Å²) in [7, 11) is 0. The average molecular weight is 329 g/mol. The zero-order valence-corrected chi connectivity index (χ0v) is 14.9. The molecular weight excluding hydrogens is 301 g/mol. The van der Waals surface area contributed by atoms with E-state index >= 15 is 0 Å². The Morgan fingerprint density at radius 2 is 1.67 bits per heavy atom. The fourth-order valence-electron chi connectivity index (χ4n) is 2.55. The molecule has 1 atom stereocenters. The topological polar surface area (TPSA) is 21.3 Å². The van der Waals surface area contributed by atoms with E-state index in [0.29, 0.717) is 5.92 Å². The first-order valence-corrected chi connectivity index (χ1v) is 8.79. The minimum absolute atomic E-state index is 0.196. The first kappa shape index (κ1) is 18.5. The van der Waals surface area contributed by atoms with Gasteiger partial charge in [-0.2, -0.15) is 0 Å². The Morgan fingerprint density at radius 3 is 2.25 bits per heavy atom. The van der Waals surface area contributed by atoms with Crippen molar-refractivity contribution < 1.29 is 9.13 Å². The number of benzene rings is 2. The SMILES string of the molecule is CCC(NCc1ccc(F)cc1)c1ccc(OCCC(C)C)cc1. The fraction of sp³-hybridized carbons (Fsp3) is 0.429. The van der Waals surface area contributed by atoms with Crippen LogP contribution in [0.3, 0.4) is 0 Å². The van der Waals surface area contributed by atoms with Gasteiger partial charge in [0.05, 0.1) is 6.61 Å². The van der Waals surface area contributed by atoms with E-state index in [-0.39, 0.29) is 11.9 Å². The highest BCUT2D eigenvalue weighted by molar-refractivity contribution is 5.29. The summed E-state index contributed by atoms with van der Waals surface area (Å²) in [5, 5.41) is 3.54. The van der Waals surface area contributed by atoms with Crippen LogP contribution in [0.1, 0.15) is 50.8 Å². The van der Waals surface area contributed by atoms with Crippen LogP contribution in [0.4, 0.5) is 4.39 Å². The smallest absolute Gasteiger partial charge is 0.123 e. The van der Waals surface area contributed by atoms with Crippen molar-refractivity contribution in [2.75, 3.05) is 6.61 Å². The molecule has 0 bridgehead atoms. The second kappa shape index (κ2) is 9.43. The standard InChI is InChI=1S/C21H28FNO/c1-4-21(23-15-17-5-9-19(22)10-6-17)18-7-11-20(12-8-18)24-14-13-16(2)3/h5-12,16,21,23H,4,13-15H2,1-3H3. The Bertz CT molecular complexity index is 592. The first-order chi connectivity index (χ1) is 11.6. The molecule has 1 unspecified atom stereocenters. The van der Waals surface area contributed by atoms with Crippen LogP contribution >= 0.6 is 0 Å². The van der Waals surface area contributed by atoms with Crippen molar-refractivity contribution in [1.82, 2.24) is 5.32 Å². The van der Waals surface area contributed by atoms with Crippen LogP contribution in [0.5, 0.6) is 5.75 Å². The number of rotatable bonds is 9. The van der Waals surface area contributed by atoms with Gasteiger partial charge in [-0.25, -0.2) is 4.39 Å². The number of hydrogen-bond donors (Lipinski definition) is 1. The lowest BCUT2D eigenvalue weighted by atomic mass is 10.0. The molecule has 0 saturated heterocycles. The lowest BCUT2D eigenvalue weighted by molar-refractivity contribution is 0.289. The maximum absolute atomic E-state index is 13.0. The maximum atomic E-state index is 13.0. The molecule has 2 aromatic rings. The summed E-state index contributed by atoms with van der Waals surface area (Å²) in [6.45, 7) is 8.05. The van der Waals surface area contributed by atoms with E-state index in [1.165, 1.54) is 17.7 Å². The van der Waals surface area contributed by atoms with Crippen molar-refractivity contribution in [3.05, 3.63) is 65.5 Å². The summed E-state index contributed by atoms with van der Waals surface area (Å²) in [4.78, 5) is 0. The van der Waals surface area contributed by atoms with Crippen LogP contribution in [0.2, 0.25) is 0 Å². The highest BCUT2D eigenvalue weighted by Crippen LogP contribution is 2.21. The van der Waals surface area contributed by atoms with Crippen LogP contribution in [0.25, 0.3) is 0 Å². The molecule has 2 nitrogen and oxygen atoms in total. The van der Waals surface area contributed by atoms with Gasteiger partial charge >= 0.3 is 0 Å². The largest absolute Gasteiger partial charge is 0.494 e. The monoisotopic (exact) mass is 329 g/mol. The summed E-state index contributed by atoms with van der Waals surface area (Å²) in [6.07, 6.45) is 2.06. The van der Waals surface area contributed by atoms with Crippen LogP contribution in [-0.2, 0) is 6.54 Å². The molecule has 24 heavy (non-hydrogen) atoms. The van der Waals surface area contributed by atoms with Crippen LogP contribution in [-0.4, -0.2) is 6.61 Å². The molecule has 2 aromatic carbocycles. The lowest BCUT2D eigenvalue weighted by Gasteiger charge is -2.18. The Hall–Kier alpha value is -1.87. The third kappa shape index (κ3) is 5.97. The van der Waals surface area contributed by atoms with Gasteiger partial charge < -0.3 is 10.1 Å². The van der Waals surface area contributed by atoms with E-state index in [0.717, 1.165) is 37.3 Å². The molecule has 0 amide bonds. The minimum atomic E-state index is -0.196. The summed E-state index contributed by atoms with van der Waals surface area (Å²) < 4.78 is 18.7. The number of nitrogens with one attached hydrogen (secondary N) is 1. The van der Waals surface area contributed by atoms with Gasteiger partial charge in [0.25, 0.3) is 0 Å². The molecule has 130 valence electrons. The molecule has 0 radical (unpaired) electrons. The van der Waals surface area contributed by atoms with Crippen molar-refractivity contribution in [3.63, 3.8) is 0 Å². The number of ether oxygens (including phenoxy) is 1. The summed E-state index contributed by atoms with van der Waals surface area (Å²) in [6, 6.07) is 15.2. The summed E-state index contributed by atoms with van der Waals surface area (Å²) in [5.41, 5.74) is 2.33. The fourth-order valence-corrected chi connectivity index (χ4v) is 2.55. The van der Waals surface area contributed by atoms with Crippen LogP contribution in [0, 0.1) is 11.7 Å². The lowest BCUT2D eigenvalue weighted by Crippen LogP contribution is -2.20. The number of halogens is 1. The molecule has 0 saturated carbocycles. The van der Waals surface area contributed by atoms with Gasteiger partial charge in [0.1, 0.15) is 11.6 Å². The van der Waals surface area contributed by atoms with Crippen molar-refractivity contribution in [1.29, 1.82) is 0 Å². The summed E-state index contributed by atoms with van der Waals surface area (Å²) >= 11 is 0. The molecule has 3 heteroatoms. The van der Waals surface area contributed by atoms with Gasteiger partial charge in [-0.15, -0.1) is 0 Å². The Labute approximate surface area is 145 Å². The molecule has 0 heterocycles. The Balaban J connectivity index is 1.88. The molecule has 0 aliphatic carbocycles.